The van der Waals surface area contributed by atoms with Crippen molar-refractivity contribution in [1.29, 1.82) is 0 Å². The van der Waals surface area contributed by atoms with Gasteiger partial charge in [-0.05, 0) is 74.8 Å². The van der Waals surface area contributed by atoms with Gasteiger partial charge in [0, 0.05) is 18.8 Å². The molecule has 2 aromatic rings. The SMILES string of the molecule is CCOc1ccc(CCN2C(=O)Cn3cccc3[C@@H]2C(=O)NC2CCC(C)CC2)cc1. The Kier molecular flexibility index (Phi) is 6.64. The molecule has 1 aromatic carbocycles. The molecule has 6 nitrogen and oxygen atoms in total. The monoisotopic (exact) mass is 423 g/mol. The Labute approximate surface area is 184 Å². The van der Waals surface area contributed by atoms with Gasteiger partial charge in [-0.1, -0.05) is 19.1 Å². The highest BCUT2D eigenvalue weighted by Gasteiger charge is 2.38. The molecule has 1 aliphatic carbocycles. The largest absolute Gasteiger partial charge is 0.494 e. The summed E-state index contributed by atoms with van der Waals surface area (Å²) in [4.78, 5) is 28.1. The Balaban J connectivity index is 1.47. The van der Waals surface area contributed by atoms with Crippen molar-refractivity contribution in [2.45, 2.75) is 64.6 Å². The minimum absolute atomic E-state index is 0.00736. The Hall–Kier alpha value is -2.76. The lowest BCUT2D eigenvalue weighted by molar-refractivity contribution is -0.144. The van der Waals surface area contributed by atoms with E-state index in [1.54, 1.807) is 4.90 Å². The van der Waals surface area contributed by atoms with Gasteiger partial charge in [0.25, 0.3) is 0 Å². The fraction of sp³-hybridized carbons (Fsp3) is 0.520. The van der Waals surface area contributed by atoms with Crippen LogP contribution in [0, 0.1) is 5.92 Å². The molecule has 1 atom stereocenters. The molecule has 6 heteroatoms. The second-order valence-corrected chi connectivity index (χ2v) is 8.84. The molecule has 166 valence electrons. The molecule has 31 heavy (non-hydrogen) atoms. The lowest BCUT2D eigenvalue weighted by Crippen LogP contribution is -2.51. The number of amides is 2. The zero-order valence-corrected chi connectivity index (χ0v) is 18.5. The average Bonchev–Trinajstić information content (AvgIpc) is 3.22. The molecule has 0 saturated heterocycles. The summed E-state index contributed by atoms with van der Waals surface area (Å²) in [5.41, 5.74) is 2.02. The zero-order chi connectivity index (χ0) is 21.8. The standard InChI is InChI=1S/C25H33N3O3/c1-3-31-21-12-8-19(9-13-21)14-16-28-23(29)17-27-15-4-5-22(27)24(28)25(30)26-20-10-6-18(2)7-11-20/h4-5,8-9,12-13,15,18,20,24H,3,6-7,10-11,14,16-17H2,1-2H3,(H,26,30)/t18?,20?,24-/m1/s1. The van der Waals surface area contributed by atoms with Crippen molar-refractivity contribution in [2.75, 3.05) is 13.2 Å². The Morgan fingerprint density at radius 1 is 1.13 bits per heavy atom. The van der Waals surface area contributed by atoms with Crippen molar-refractivity contribution in [3.05, 3.63) is 53.9 Å². The summed E-state index contributed by atoms with van der Waals surface area (Å²) in [5.74, 6) is 1.51. The average molecular weight is 424 g/mol. The van der Waals surface area contributed by atoms with Crippen LogP contribution in [-0.2, 0) is 22.6 Å². The summed E-state index contributed by atoms with van der Waals surface area (Å²) in [6.45, 7) is 5.67. The molecule has 0 radical (unpaired) electrons. The first-order chi connectivity index (χ1) is 15.0. The van der Waals surface area contributed by atoms with E-state index in [-0.39, 0.29) is 24.4 Å². The van der Waals surface area contributed by atoms with Gasteiger partial charge in [0.1, 0.15) is 12.3 Å². The van der Waals surface area contributed by atoms with E-state index in [2.05, 4.69) is 12.2 Å². The fourth-order valence-electron chi connectivity index (χ4n) is 4.74. The van der Waals surface area contributed by atoms with E-state index in [1.807, 2.05) is 54.1 Å². The number of nitrogens with one attached hydrogen (secondary N) is 1. The smallest absolute Gasteiger partial charge is 0.249 e. The van der Waals surface area contributed by atoms with Gasteiger partial charge in [-0.2, -0.15) is 0 Å². The number of benzene rings is 1. The van der Waals surface area contributed by atoms with Crippen LogP contribution in [0.2, 0.25) is 0 Å². The van der Waals surface area contributed by atoms with Crippen LogP contribution in [0.25, 0.3) is 0 Å². The van der Waals surface area contributed by atoms with Gasteiger partial charge in [0.15, 0.2) is 6.04 Å². The molecule has 4 rings (SSSR count). The predicted molar refractivity (Wildman–Crippen MR) is 120 cm³/mol. The van der Waals surface area contributed by atoms with Gasteiger partial charge in [-0.3, -0.25) is 9.59 Å². The summed E-state index contributed by atoms with van der Waals surface area (Å²) in [5, 5.41) is 3.25. The normalized spacial score (nSPS) is 23.4. The quantitative estimate of drug-likeness (QED) is 0.738. The first-order valence-corrected chi connectivity index (χ1v) is 11.5. The Morgan fingerprint density at radius 3 is 2.58 bits per heavy atom. The van der Waals surface area contributed by atoms with Gasteiger partial charge in [-0.25, -0.2) is 0 Å². The van der Waals surface area contributed by atoms with E-state index in [4.69, 9.17) is 4.74 Å². The van der Waals surface area contributed by atoms with Crippen molar-refractivity contribution >= 4 is 11.8 Å². The molecule has 2 aliphatic rings. The minimum Gasteiger partial charge on any atom is -0.494 e. The van der Waals surface area contributed by atoms with Crippen molar-refractivity contribution in [3.8, 4) is 5.75 Å². The van der Waals surface area contributed by atoms with Gasteiger partial charge < -0.3 is 19.5 Å². The Morgan fingerprint density at radius 2 is 1.87 bits per heavy atom. The molecule has 0 spiro atoms. The molecule has 1 aliphatic heterocycles. The maximum absolute atomic E-state index is 13.4. The number of carbonyl (C=O) groups excluding carboxylic acids is 2. The molecule has 0 bridgehead atoms. The van der Waals surface area contributed by atoms with E-state index in [0.29, 0.717) is 19.6 Å². The first kappa shape index (κ1) is 21.5. The third kappa shape index (κ3) is 4.94. The molecule has 1 aromatic heterocycles. The number of fused-ring (bicyclic) bond motifs is 1. The van der Waals surface area contributed by atoms with Crippen LogP contribution in [-0.4, -0.2) is 40.5 Å². The second-order valence-electron chi connectivity index (χ2n) is 8.84. The summed E-state index contributed by atoms with van der Waals surface area (Å²) >= 11 is 0. The van der Waals surface area contributed by atoms with Gasteiger partial charge in [0.2, 0.25) is 11.8 Å². The highest BCUT2D eigenvalue weighted by molar-refractivity contribution is 5.90. The number of hydrogen-bond acceptors (Lipinski definition) is 3. The summed E-state index contributed by atoms with van der Waals surface area (Å²) in [6, 6.07) is 11.5. The van der Waals surface area contributed by atoms with Crippen molar-refractivity contribution in [2.24, 2.45) is 5.92 Å². The van der Waals surface area contributed by atoms with Crippen molar-refractivity contribution < 1.29 is 14.3 Å². The van der Waals surface area contributed by atoms with Crippen LogP contribution in [0.15, 0.2) is 42.6 Å². The predicted octanol–water partition coefficient (Wildman–Crippen LogP) is 3.71. The number of rotatable bonds is 7. The molecular weight excluding hydrogens is 390 g/mol. The van der Waals surface area contributed by atoms with Gasteiger partial charge >= 0.3 is 0 Å². The third-order valence-electron chi connectivity index (χ3n) is 6.57. The van der Waals surface area contributed by atoms with Crippen LogP contribution in [0.1, 0.15) is 56.8 Å². The molecule has 2 heterocycles. The van der Waals surface area contributed by atoms with Gasteiger partial charge in [0.05, 0.1) is 12.3 Å². The molecule has 1 saturated carbocycles. The number of aromatic nitrogens is 1. The third-order valence-corrected chi connectivity index (χ3v) is 6.57. The van der Waals surface area contributed by atoms with E-state index in [0.717, 1.165) is 48.6 Å². The summed E-state index contributed by atoms with van der Waals surface area (Å²) < 4.78 is 7.42. The minimum atomic E-state index is -0.571. The van der Waals surface area contributed by atoms with E-state index >= 15 is 0 Å². The zero-order valence-electron chi connectivity index (χ0n) is 18.5. The topological polar surface area (TPSA) is 63.6 Å². The highest BCUT2D eigenvalue weighted by Crippen LogP contribution is 2.29. The number of hydrogen-bond donors (Lipinski definition) is 1. The summed E-state index contributed by atoms with van der Waals surface area (Å²) in [6.07, 6.45) is 6.91. The second kappa shape index (κ2) is 9.58. The van der Waals surface area contributed by atoms with Gasteiger partial charge in [-0.15, -0.1) is 0 Å². The van der Waals surface area contributed by atoms with Crippen LogP contribution in [0.3, 0.4) is 0 Å². The van der Waals surface area contributed by atoms with E-state index in [1.165, 1.54) is 0 Å². The maximum atomic E-state index is 13.4. The highest BCUT2D eigenvalue weighted by atomic mass is 16.5. The van der Waals surface area contributed by atoms with Crippen LogP contribution in [0.5, 0.6) is 5.75 Å². The molecular formula is C25H33N3O3. The maximum Gasteiger partial charge on any atom is 0.249 e. The Bertz CT molecular complexity index is 897. The van der Waals surface area contributed by atoms with E-state index in [9.17, 15) is 9.59 Å². The lowest BCUT2D eigenvalue weighted by Gasteiger charge is -2.37. The molecule has 0 unspecified atom stereocenters. The fourth-order valence-corrected chi connectivity index (χ4v) is 4.74. The van der Waals surface area contributed by atoms with Crippen LogP contribution < -0.4 is 10.1 Å². The summed E-state index contributed by atoms with van der Waals surface area (Å²) in [7, 11) is 0. The molecule has 1 N–H and O–H groups in total. The lowest BCUT2D eigenvalue weighted by atomic mass is 9.87. The van der Waals surface area contributed by atoms with Crippen LogP contribution >= 0.6 is 0 Å². The molecule has 1 fully saturated rings. The first-order valence-electron chi connectivity index (χ1n) is 11.5. The number of carbonyl (C=O) groups is 2. The van der Waals surface area contributed by atoms with E-state index < -0.39 is 6.04 Å². The van der Waals surface area contributed by atoms with Crippen molar-refractivity contribution in [1.82, 2.24) is 14.8 Å². The number of ether oxygens (including phenoxy) is 1. The number of nitrogens with zero attached hydrogens (tertiary/aromatic N) is 2. The van der Waals surface area contributed by atoms with Crippen LogP contribution in [0.4, 0.5) is 0 Å². The molecule has 2 amide bonds. The van der Waals surface area contributed by atoms with Crippen molar-refractivity contribution in [3.63, 3.8) is 0 Å².